The zero-order valence-electron chi connectivity index (χ0n) is 14.2. The molecule has 1 atom stereocenters. The molecule has 1 aromatic heterocycles. The van der Waals surface area contributed by atoms with Gasteiger partial charge in [0.15, 0.2) is 5.82 Å². The summed E-state index contributed by atoms with van der Waals surface area (Å²) in [6.45, 7) is 1.36. The molecule has 3 rings (SSSR count). The van der Waals surface area contributed by atoms with Crippen LogP contribution >= 0.6 is 0 Å². The van der Waals surface area contributed by atoms with E-state index in [1.54, 1.807) is 13.3 Å². The number of ether oxygens (including phenoxy) is 1. The predicted molar refractivity (Wildman–Crippen MR) is 94.9 cm³/mol. The lowest BCUT2D eigenvalue weighted by Gasteiger charge is -2.33. The predicted octanol–water partition coefficient (Wildman–Crippen LogP) is 1.11. The molecule has 25 heavy (non-hydrogen) atoms. The van der Waals surface area contributed by atoms with Crippen LogP contribution in [0.3, 0.4) is 0 Å². The van der Waals surface area contributed by atoms with Crippen LogP contribution in [0.25, 0.3) is 0 Å². The number of benzene rings is 1. The van der Waals surface area contributed by atoms with Gasteiger partial charge in [0, 0.05) is 31.5 Å². The second kappa shape index (κ2) is 7.83. The van der Waals surface area contributed by atoms with Crippen molar-refractivity contribution in [3.8, 4) is 5.75 Å². The number of hydrogen-bond acceptors (Lipinski definition) is 5. The highest BCUT2D eigenvalue weighted by molar-refractivity contribution is 5.79. The molecule has 0 radical (unpaired) electrons. The van der Waals surface area contributed by atoms with Crippen LogP contribution in [0, 0.1) is 0 Å². The zero-order chi connectivity index (χ0) is 17.6. The van der Waals surface area contributed by atoms with Crippen LogP contribution in [0.5, 0.6) is 5.75 Å². The lowest BCUT2D eigenvalue weighted by atomic mass is 10.0. The van der Waals surface area contributed by atoms with Gasteiger partial charge in [-0.15, -0.1) is 0 Å². The smallest absolute Gasteiger partial charge is 0.290 e. The van der Waals surface area contributed by atoms with E-state index in [0.717, 1.165) is 30.7 Å². The van der Waals surface area contributed by atoms with Gasteiger partial charge in [0.2, 0.25) is 5.91 Å². The molecular formula is C18H22N4O3. The fourth-order valence-corrected chi connectivity index (χ4v) is 3.06. The number of aromatic amines is 1. The van der Waals surface area contributed by atoms with Crippen molar-refractivity contribution in [2.24, 2.45) is 0 Å². The van der Waals surface area contributed by atoms with Crippen molar-refractivity contribution in [2.45, 2.75) is 25.3 Å². The first-order valence-corrected chi connectivity index (χ1v) is 8.36. The summed E-state index contributed by atoms with van der Waals surface area (Å²) in [5.41, 5.74) is 0.736. The summed E-state index contributed by atoms with van der Waals surface area (Å²) in [5.74, 6) is 1.16. The highest BCUT2D eigenvalue weighted by atomic mass is 16.5. The number of anilines is 1. The van der Waals surface area contributed by atoms with Crippen LogP contribution in [0.1, 0.15) is 18.4 Å². The van der Waals surface area contributed by atoms with Crippen LogP contribution < -0.4 is 20.5 Å². The lowest BCUT2D eigenvalue weighted by Crippen LogP contribution is -2.49. The fourth-order valence-electron chi connectivity index (χ4n) is 3.06. The van der Waals surface area contributed by atoms with Gasteiger partial charge in [-0.2, -0.15) is 0 Å². The van der Waals surface area contributed by atoms with Crippen LogP contribution in [0.2, 0.25) is 0 Å². The molecule has 1 aliphatic heterocycles. The van der Waals surface area contributed by atoms with Gasteiger partial charge in [-0.3, -0.25) is 9.59 Å². The van der Waals surface area contributed by atoms with Crippen LogP contribution in [0.4, 0.5) is 5.82 Å². The normalized spacial score (nSPS) is 17.2. The van der Waals surface area contributed by atoms with Crippen molar-refractivity contribution in [3.63, 3.8) is 0 Å². The van der Waals surface area contributed by atoms with Crippen LogP contribution in [-0.2, 0) is 11.2 Å². The second-order valence-electron chi connectivity index (χ2n) is 6.12. The van der Waals surface area contributed by atoms with Gasteiger partial charge >= 0.3 is 0 Å². The molecular weight excluding hydrogens is 320 g/mol. The molecule has 2 aromatic rings. The van der Waals surface area contributed by atoms with E-state index >= 15 is 0 Å². The van der Waals surface area contributed by atoms with E-state index in [4.69, 9.17) is 4.74 Å². The topological polar surface area (TPSA) is 87.3 Å². The van der Waals surface area contributed by atoms with Gasteiger partial charge in [0.05, 0.1) is 13.5 Å². The summed E-state index contributed by atoms with van der Waals surface area (Å²) in [4.78, 5) is 32.9. The molecule has 1 fully saturated rings. The number of hydrogen-bond donors (Lipinski definition) is 2. The van der Waals surface area contributed by atoms with Crippen molar-refractivity contribution in [2.75, 3.05) is 25.1 Å². The Labute approximate surface area is 146 Å². The number of nitrogens with one attached hydrogen (secondary N) is 2. The summed E-state index contributed by atoms with van der Waals surface area (Å²) in [5, 5.41) is 3.06. The molecule has 1 aliphatic rings. The summed E-state index contributed by atoms with van der Waals surface area (Å²) in [6, 6.07) is 7.48. The lowest BCUT2D eigenvalue weighted by molar-refractivity contribution is -0.121. The Bertz CT molecular complexity index is 772. The molecule has 7 heteroatoms. The molecule has 1 saturated heterocycles. The van der Waals surface area contributed by atoms with E-state index in [9.17, 15) is 9.59 Å². The highest BCUT2D eigenvalue weighted by Gasteiger charge is 2.23. The minimum Gasteiger partial charge on any atom is -0.497 e. The summed E-state index contributed by atoms with van der Waals surface area (Å²) < 4.78 is 5.12. The fraction of sp³-hybridized carbons (Fsp3) is 0.389. The third-order valence-electron chi connectivity index (χ3n) is 4.30. The number of rotatable bonds is 5. The van der Waals surface area contributed by atoms with Gasteiger partial charge in [-0.25, -0.2) is 4.98 Å². The molecule has 1 aromatic carbocycles. The highest BCUT2D eigenvalue weighted by Crippen LogP contribution is 2.15. The summed E-state index contributed by atoms with van der Waals surface area (Å²) >= 11 is 0. The van der Waals surface area contributed by atoms with Gasteiger partial charge < -0.3 is 19.9 Å². The second-order valence-corrected chi connectivity index (χ2v) is 6.12. The van der Waals surface area contributed by atoms with Crippen molar-refractivity contribution >= 4 is 11.7 Å². The van der Waals surface area contributed by atoms with Crippen LogP contribution in [-0.4, -0.2) is 42.1 Å². The van der Waals surface area contributed by atoms with Crippen molar-refractivity contribution in [3.05, 3.63) is 52.6 Å². The number of amides is 1. The van der Waals surface area contributed by atoms with Gasteiger partial charge in [0.1, 0.15) is 5.75 Å². The number of methoxy groups -OCH3 is 1. The maximum Gasteiger partial charge on any atom is 0.290 e. The molecule has 132 valence electrons. The Morgan fingerprint density at radius 2 is 2.20 bits per heavy atom. The third kappa shape index (κ3) is 4.37. The molecule has 2 heterocycles. The quantitative estimate of drug-likeness (QED) is 0.850. The van der Waals surface area contributed by atoms with E-state index < -0.39 is 0 Å². The maximum absolute atomic E-state index is 12.3. The minimum atomic E-state index is -0.201. The first-order chi connectivity index (χ1) is 12.2. The molecule has 1 amide bonds. The molecule has 2 N–H and O–H groups in total. The van der Waals surface area contributed by atoms with E-state index in [2.05, 4.69) is 15.3 Å². The molecule has 0 aliphatic carbocycles. The third-order valence-corrected chi connectivity index (χ3v) is 4.30. The van der Waals surface area contributed by atoms with Gasteiger partial charge in [-0.1, -0.05) is 12.1 Å². The van der Waals surface area contributed by atoms with Gasteiger partial charge in [0.25, 0.3) is 5.56 Å². The van der Waals surface area contributed by atoms with E-state index in [1.807, 2.05) is 29.2 Å². The average molecular weight is 342 g/mol. The van der Waals surface area contributed by atoms with E-state index in [0.29, 0.717) is 18.8 Å². The Morgan fingerprint density at radius 1 is 1.40 bits per heavy atom. The van der Waals surface area contributed by atoms with Crippen LogP contribution in [0.15, 0.2) is 41.5 Å². The number of nitrogens with zero attached hydrogens (tertiary/aromatic N) is 2. The average Bonchev–Trinajstić information content (AvgIpc) is 2.63. The maximum atomic E-state index is 12.3. The standard InChI is InChI=1S/C18H22N4O3/c1-25-15-6-4-13(5-7-15)11-16(23)21-14-3-2-10-22(12-14)17-18(24)20-9-8-19-17/h4-9,14H,2-3,10-12H2,1H3,(H,20,24)(H,21,23)/t14-/m0/s1. The number of piperidine rings is 1. The van der Waals surface area contributed by atoms with Gasteiger partial charge in [-0.05, 0) is 30.5 Å². The monoisotopic (exact) mass is 342 g/mol. The Hall–Kier alpha value is -2.83. The van der Waals surface area contributed by atoms with Crippen molar-refractivity contribution in [1.29, 1.82) is 0 Å². The molecule has 0 unspecified atom stereocenters. The Balaban J connectivity index is 1.57. The Morgan fingerprint density at radius 3 is 2.92 bits per heavy atom. The van der Waals surface area contributed by atoms with E-state index in [1.165, 1.54) is 6.20 Å². The first-order valence-electron chi connectivity index (χ1n) is 8.36. The minimum absolute atomic E-state index is 0.0147. The van der Waals surface area contributed by atoms with Crippen molar-refractivity contribution < 1.29 is 9.53 Å². The molecule has 0 spiro atoms. The number of aromatic nitrogens is 2. The first kappa shape index (κ1) is 17.0. The largest absolute Gasteiger partial charge is 0.497 e. The number of carbonyl (C=O) groups excluding carboxylic acids is 1. The number of H-pyrrole nitrogens is 1. The summed E-state index contributed by atoms with van der Waals surface area (Å²) in [6.07, 6.45) is 5.22. The zero-order valence-corrected chi connectivity index (χ0v) is 14.2. The van der Waals surface area contributed by atoms with E-state index in [-0.39, 0.29) is 17.5 Å². The number of carbonyl (C=O) groups is 1. The summed E-state index contributed by atoms with van der Waals surface area (Å²) in [7, 11) is 1.61. The molecule has 0 bridgehead atoms. The SMILES string of the molecule is COc1ccc(CC(=O)N[C@H]2CCCN(c3ncc[nH]c3=O)C2)cc1. The van der Waals surface area contributed by atoms with Crippen molar-refractivity contribution in [1.82, 2.24) is 15.3 Å². The molecule has 7 nitrogen and oxygen atoms in total. The Kier molecular flexibility index (Phi) is 5.33. The molecule has 0 saturated carbocycles.